The summed E-state index contributed by atoms with van der Waals surface area (Å²) >= 11 is 0. The Hall–Kier alpha value is -3.35. The van der Waals surface area contributed by atoms with E-state index in [1.165, 1.54) is 0 Å². The first kappa shape index (κ1) is 17.5. The molecule has 0 saturated carbocycles. The number of hydrogen-bond donors (Lipinski definition) is 2. The third-order valence-electron chi connectivity index (χ3n) is 3.68. The van der Waals surface area contributed by atoms with Gasteiger partial charge in [-0.15, -0.1) is 5.10 Å². The molecule has 0 aliphatic carbocycles. The molecular formula is C19H21N5O2. The Labute approximate surface area is 152 Å². The number of aryl methyl sites for hydroxylation is 1. The van der Waals surface area contributed by atoms with Crippen molar-refractivity contribution in [1.82, 2.24) is 15.2 Å². The predicted molar refractivity (Wildman–Crippen MR) is 101 cm³/mol. The minimum Gasteiger partial charge on any atom is -0.497 e. The zero-order chi connectivity index (χ0) is 18.2. The van der Waals surface area contributed by atoms with Crippen molar-refractivity contribution in [2.75, 3.05) is 30.9 Å². The molecule has 0 bridgehead atoms. The Kier molecular flexibility index (Phi) is 5.82. The lowest BCUT2D eigenvalue weighted by atomic mass is 10.2. The van der Waals surface area contributed by atoms with Crippen LogP contribution < -0.4 is 20.1 Å². The van der Waals surface area contributed by atoms with Crippen LogP contribution >= 0.6 is 0 Å². The molecule has 26 heavy (non-hydrogen) atoms. The number of rotatable bonds is 8. The molecule has 134 valence electrons. The average molecular weight is 351 g/mol. The van der Waals surface area contributed by atoms with E-state index in [0.717, 1.165) is 22.7 Å². The number of ether oxygens (including phenoxy) is 2. The predicted octanol–water partition coefficient (Wildman–Crippen LogP) is 3.42. The van der Waals surface area contributed by atoms with Crippen LogP contribution in [0.3, 0.4) is 0 Å². The molecule has 1 aromatic heterocycles. The van der Waals surface area contributed by atoms with Gasteiger partial charge in [0.15, 0.2) is 5.82 Å². The van der Waals surface area contributed by atoms with Crippen molar-refractivity contribution in [1.29, 1.82) is 0 Å². The topological polar surface area (TPSA) is 81.2 Å². The van der Waals surface area contributed by atoms with E-state index < -0.39 is 0 Å². The summed E-state index contributed by atoms with van der Waals surface area (Å²) in [7, 11) is 1.63. The zero-order valence-electron chi connectivity index (χ0n) is 14.8. The molecule has 3 rings (SSSR count). The lowest BCUT2D eigenvalue weighted by Crippen LogP contribution is -2.14. The van der Waals surface area contributed by atoms with Crippen LogP contribution in [0.5, 0.6) is 11.5 Å². The van der Waals surface area contributed by atoms with Crippen molar-refractivity contribution < 1.29 is 9.47 Å². The Balaban J connectivity index is 1.50. The van der Waals surface area contributed by atoms with Gasteiger partial charge in [-0.3, -0.25) is 0 Å². The first-order valence-electron chi connectivity index (χ1n) is 8.28. The number of hydrogen-bond acceptors (Lipinski definition) is 7. The van der Waals surface area contributed by atoms with E-state index >= 15 is 0 Å². The second kappa shape index (κ2) is 8.66. The smallest absolute Gasteiger partial charge is 0.244 e. The highest BCUT2D eigenvalue weighted by atomic mass is 16.5. The molecule has 3 aromatic rings. The first-order chi connectivity index (χ1) is 12.7. The molecular weight excluding hydrogens is 330 g/mol. The number of aromatic nitrogens is 3. The van der Waals surface area contributed by atoms with Gasteiger partial charge in [0.05, 0.1) is 19.9 Å². The molecule has 1 heterocycles. The van der Waals surface area contributed by atoms with E-state index in [2.05, 4.69) is 25.8 Å². The van der Waals surface area contributed by atoms with Crippen molar-refractivity contribution in [2.24, 2.45) is 0 Å². The highest BCUT2D eigenvalue weighted by Gasteiger charge is 2.03. The second-order valence-corrected chi connectivity index (χ2v) is 5.56. The summed E-state index contributed by atoms with van der Waals surface area (Å²) in [6.45, 7) is 3.07. The molecule has 0 amide bonds. The number of methoxy groups -OCH3 is 1. The molecule has 0 radical (unpaired) electrons. The minimum atomic E-state index is 0.446. The van der Waals surface area contributed by atoms with Gasteiger partial charge in [0.1, 0.15) is 18.1 Å². The summed E-state index contributed by atoms with van der Waals surface area (Å²) in [6.07, 6.45) is 1.59. The third kappa shape index (κ3) is 4.83. The van der Waals surface area contributed by atoms with Crippen LogP contribution in [-0.4, -0.2) is 35.4 Å². The fourth-order valence-corrected chi connectivity index (χ4v) is 2.29. The van der Waals surface area contributed by atoms with Crippen LogP contribution in [0, 0.1) is 6.92 Å². The monoisotopic (exact) mass is 351 g/mol. The summed E-state index contributed by atoms with van der Waals surface area (Å²) in [5.74, 6) is 2.66. The number of nitrogens with one attached hydrogen (secondary N) is 2. The fourth-order valence-electron chi connectivity index (χ4n) is 2.29. The van der Waals surface area contributed by atoms with Crippen LogP contribution in [0.1, 0.15) is 5.56 Å². The standard InChI is InChI=1S/C19H21N5O2/c1-14-5-3-4-6-17(14)22-18-13-21-24-19(23-18)20-11-12-26-16-9-7-15(25-2)8-10-16/h3-10,13H,11-12H2,1-2H3,(H2,20,22,23,24). The molecule has 0 atom stereocenters. The number of nitrogens with zero attached hydrogens (tertiary/aromatic N) is 3. The van der Waals surface area contributed by atoms with Crippen LogP contribution in [-0.2, 0) is 0 Å². The number of benzene rings is 2. The maximum Gasteiger partial charge on any atom is 0.244 e. The van der Waals surface area contributed by atoms with E-state index in [4.69, 9.17) is 9.47 Å². The summed E-state index contributed by atoms with van der Waals surface area (Å²) in [4.78, 5) is 4.41. The van der Waals surface area contributed by atoms with Crippen molar-refractivity contribution in [2.45, 2.75) is 6.92 Å². The lowest BCUT2D eigenvalue weighted by Gasteiger charge is -2.10. The normalized spacial score (nSPS) is 10.2. The maximum absolute atomic E-state index is 5.66. The quantitative estimate of drug-likeness (QED) is 0.602. The van der Waals surface area contributed by atoms with Gasteiger partial charge in [-0.25, -0.2) is 0 Å². The maximum atomic E-state index is 5.66. The highest BCUT2D eigenvalue weighted by molar-refractivity contribution is 5.59. The van der Waals surface area contributed by atoms with Gasteiger partial charge >= 0.3 is 0 Å². The van der Waals surface area contributed by atoms with E-state index in [0.29, 0.717) is 24.9 Å². The molecule has 0 fully saturated rings. The van der Waals surface area contributed by atoms with Gasteiger partial charge in [0.25, 0.3) is 0 Å². The van der Waals surface area contributed by atoms with Crippen LogP contribution in [0.2, 0.25) is 0 Å². The first-order valence-corrected chi connectivity index (χ1v) is 8.28. The lowest BCUT2D eigenvalue weighted by molar-refractivity contribution is 0.331. The molecule has 0 unspecified atom stereocenters. The van der Waals surface area contributed by atoms with Gasteiger partial charge in [0, 0.05) is 5.69 Å². The minimum absolute atomic E-state index is 0.446. The Bertz CT molecular complexity index is 839. The highest BCUT2D eigenvalue weighted by Crippen LogP contribution is 2.18. The number of para-hydroxylation sites is 1. The average Bonchev–Trinajstić information content (AvgIpc) is 2.68. The summed E-state index contributed by atoms with van der Waals surface area (Å²) in [6, 6.07) is 15.4. The molecule has 7 nitrogen and oxygen atoms in total. The second-order valence-electron chi connectivity index (χ2n) is 5.56. The fraction of sp³-hybridized carbons (Fsp3) is 0.211. The molecule has 0 aliphatic rings. The summed E-state index contributed by atoms with van der Waals surface area (Å²) < 4.78 is 10.8. The SMILES string of the molecule is COc1ccc(OCCNc2nncc(Nc3ccccc3C)n2)cc1. The molecule has 7 heteroatoms. The van der Waals surface area contributed by atoms with E-state index in [-0.39, 0.29) is 0 Å². The van der Waals surface area contributed by atoms with Crippen LogP contribution in [0.4, 0.5) is 17.5 Å². The van der Waals surface area contributed by atoms with Crippen LogP contribution in [0.25, 0.3) is 0 Å². The van der Waals surface area contributed by atoms with Gasteiger partial charge in [-0.2, -0.15) is 10.1 Å². The van der Waals surface area contributed by atoms with Crippen molar-refractivity contribution in [3.63, 3.8) is 0 Å². The zero-order valence-corrected chi connectivity index (χ0v) is 14.8. The van der Waals surface area contributed by atoms with E-state index in [1.54, 1.807) is 13.3 Å². The van der Waals surface area contributed by atoms with Crippen LogP contribution in [0.15, 0.2) is 54.7 Å². The molecule has 0 saturated heterocycles. The van der Waals surface area contributed by atoms with Crippen molar-refractivity contribution in [3.05, 3.63) is 60.3 Å². The van der Waals surface area contributed by atoms with Gasteiger partial charge in [-0.1, -0.05) is 18.2 Å². The molecule has 0 aliphatic heterocycles. The summed E-state index contributed by atoms with van der Waals surface area (Å²) in [5.41, 5.74) is 2.12. The van der Waals surface area contributed by atoms with E-state index in [9.17, 15) is 0 Å². The Morgan fingerprint density at radius 3 is 2.54 bits per heavy atom. The molecule has 2 N–H and O–H groups in total. The van der Waals surface area contributed by atoms with Gasteiger partial charge in [0.2, 0.25) is 5.95 Å². The van der Waals surface area contributed by atoms with Gasteiger partial charge < -0.3 is 20.1 Å². The molecule has 2 aromatic carbocycles. The largest absolute Gasteiger partial charge is 0.497 e. The Morgan fingerprint density at radius 2 is 1.77 bits per heavy atom. The van der Waals surface area contributed by atoms with Crippen molar-refractivity contribution >= 4 is 17.5 Å². The van der Waals surface area contributed by atoms with Gasteiger partial charge in [-0.05, 0) is 42.8 Å². The molecule has 0 spiro atoms. The van der Waals surface area contributed by atoms with Crippen molar-refractivity contribution in [3.8, 4) is 11.5 Å². The van der Waals surface area contributed by atoms with E-state index in [1.807, 2.05) is 55.5 Å². The summed E-state index contributed by atoms with van der Waals surface area (Å²) in [5, 5.41) is 14.3. The Morgan fingerprint density at radius 1 is 1.00 bits per heavy atom. The number of anilines is 3. The third-order valence-corrected chi connectivity index (χ3v) is 3.68.